The average Bonchev–Trinajstić information content (AvgIpc) is 2.54. The fourth-order valence-corrected chi connectivity index (χ4v) is 1.82. The molecule has 0 aromatic heterocycles. The van der Waals surface area contributed by atoms with Gasteiger partial charge in [0, 0.05) is 12.6 Å². The monoisotopic (exact) mass is 320 g/mol. The first kappa shape index (κ1) is 18.5. The molecule has 0 heterocycles. The predicted molar refractivity (Wildman–Crippen MR) is 90.7 cm³/mol. The van der Waals surface area contributed by atoms with Crippen LogP contribution in [0.3, 0.4) is 0 Å². The van der Waals surface area contributed by atoms with Gasteiger partial charge in [-0.2, -0.15) is 0 Å². The molecule has 126 valence electrons. The number of phenolic OH excluding ortho intramolecular Hbond substituents is 1. The second-order valence-corrected chi connectivity index (χ2v) is 4.87. The molecule has 1 aromatic carbocycles. The van der Waals surface area contributed by atoms with E-state index in [0.29, 0.717) is 17.9 Å². The highest BCUT2D eigenvalue weighted by Crippen LogP contribution is 2.26. The molecule has 0 aliphatic heterocycles. The first-order chi connectivity index (χ1) is 11.1. The highest BCUT2D eigenvalue weighted by molar-refractivity contribution is 6.02. The zero-order valence-electron chi connectivity index (χ0n) is 13.5. The lowest BCUT2D eigenvalue weighted by atomic mass is 10.2. The zero-order chi connectivity index (χ0) is 17.1. The Morgan fingerprint density at radius 1 is 1.35 bits per heavy atom. The Labute approximate surface area is 136 Å². The number of aromatic hydroxyl groups is 1. The van der Waals surface area contributed by atoms with Gasteiger partial charge in [0.05, 0.1) is 7.11 Å². The maximum Gasteiger partial charge on any atom is 0.250 e. The second-order valence-electron chi connectivity index (χ2n) is 4.87. The number of rotatable bonds is 8. The van der Waals surface area contributed by atoms with Crippen molar-refractivity contribution in [3.05, 3.63) is 29.8 Å². The molecule has 0 aliphatic rings. The Hall–Kier alpha value is -2.54. The predicted octanol–water partition coefficient (Wildman–Crippen LogP) is 1.05. The molecule has 0 bridgehead atoms. The number of unbranched alkanes of at least 4 members (excludes halogenated alkanes) is 1. The summed E-state index contributed by atoms with van der Waals surface area (Å²) >= 11 is 0. The van der Waals surface area contributed by atoms with E-state index in [2.05, 4.69) is 16.0 Å². The van der Waals surface area contributed by atoms with Gasteiger partial charge in [0.2, 0.25) is 0 Å². The van der Waals surface area contributed by atoms with E-state index in [1.165, 1.54) is 19.3 Å². The van der Waals surface area contributed by atoms with Crippen molar-refractivity contribution in [1.29, 1.82) is 5.41 Å². The maximum atomic E-state index is 11.7. The van der Waals surface area contributed by atoms with Crippen molar-refractivity contribution in [1.82, 2.24) is 16.0 Å². The van der Waals surface area contributed by atoms with Crippen LogP contribution in [0.15, 0.2) is 24.3 Å². The summed E-state index contributed by atoms with van der Waals surface area (Å²) in [6, 6.07) is 4.77. The molecule has 0 aliphatic carbocycles. The summed E-state index contributed by atoms with van der Waals surface area (Å²) in [7, 11) is 3.35. The third kappa shape index (κ3) is 7.32. The Bertz CT molecular complexity index is 558. The van der Waals surface area contributed by atoms with E-state index in [0.717, 1.165) is 19.4 Å². The molecule has 23 heavy (non-hydrogen) atoms. The highest BCUT2D eigenvalue weighted by atomic mass is 16.5. The SMILES string of the molecule is CNCCCCNC(=N)NC(=O)/C=C/c1ccc(O)c(OC)c1. The lowest BCUT2D eigenvalue weighted by molar-refractivity contribution is -0.115. The molecule has 0 spiro atoms. The molecule has 1 rings (SSSR count). The van der Waals surface area contributed by atoms with Crippen molar-refractivity contribution in [2.75, 3.05) is 27.2 Å². The van der Waals surface area contributed by atoms with Crippen LogP contribution in [-0.2, 0) is 4.79 Å². The van der Waals surface area contributed by atoms with Gasteiger partial charge < -0.3 is 20.5 Å². The van der Waals surface area contributed by atoms with E-state index in [-0.39, 0.29) is 11.7 Å². The number of hydrogen-bond donors (Lipinski definition) is 5. The first-order valence-electron chi connectivity index (χ1n) is 7.40. The largest absolute Gasteiger partial charge is 0.504 e. The molecule has 1 amide bonds. The minimum atomic E-state index is -0.398. The summed E-state index contributed by atoms with van der Waals surface area (Å²) < 4.78 is 5.00. The van der Waals surface area contributed by atoms with Crippen molar-refractivity contribution in [3.63, 3.8) is 0 Å². The molecule has 7 nitrogen and oxygen atoms in total. The van der Waals surface area contributed by atoms with E-state index in [9.17, 15) is 9.90 Å². The van der Waals surface area contributed by atoms with E-state index < -0.39 is 5.91 Å². The summed E-state index contributed by atoms with van der Waals surface area (Å²) in [5.74, 6) is -0.0425. The van der Waals surface area contributed by atoms with Crippen LogP contribution in [0.5, 0.6) is 11.5 Å². The van der Waals surface area contributed by atoms with Gasteiger partial charge in [0.1, 0.15) is 0 Å². The number of nitrogens with one attached hydrogen (secondary N) is 4. The molecule has 0 fully saturated rings. The number of benzene rings is 1. The highest BCUT2D eigenvalue weighted by Gasteiger charge is 2.02. The van der Waals surface area contributed by atoms with Crippen LogP contribution >= 0.6 is 0 Å². The van der Waals surface area contributed by atoms with Crippen LogP contribution in [0.25, 0.3) is 6.08 Å². The molecule has 7 heteroatoms. The fourth-order valence-electron chi connectivity index (χ4n) is 1.82. The Kier molecular flexibility index (Phi) is 8.23. The van der Waals surface area contributed by atoms with E-state index in [1.807, 2.05) is 7.05 Å². The van der Waals surface area contributed by atoms with Gasteiger partial charge in [-0.05, 0) is 50.2 Å². The van der Waals surface area contributed by atoms with Gasteiger partial charge in [-0.3, -0.25) is 15.5 Å². The number of hydrogen-bond acceptors (Lipinski definition) is 5. The van der Waals surface area contributed by atoms with Gasteiger partial charge in [0.25, 0.3) is 5.91 Å². The smallest absolute Gasteiger partial charge is 0.250 e. The van der Waals surface area contributed by atoms with Crippen LogP contribution < -0.4 is 20.7 Å². The summed E-state index contributed by atoms with van der Waals surface area (Å²) in [5, 5.41) is 25.4. The average molecular weight is 320 g/mol. The van der Waals surface area contributed by atoms with Crippen LogP contribution in [0.1, 0.15) is 18.4 Å². The number of carbonyl (C=O) groups is 1. The maximum absolute atomic E-state index is 11.7. The molecule has 0 unspecified atom stereocenters. The van der Waals surface area contributed by atoms with Crippen molar-refractivity contribution in [3.8, 4) is 11.5 Å². The number of guanidine groups is 1. The summed E-state index contributed by atoms with van der Waals surface area (Å²) in [4.78, 5) is 11.7. The topological polar surface area (TPSA) is 106 Å². The molecule has 0 saturated heterocycles. The van der Waals surface area contributed by atoms with Gasteiger partial charge >= 0.3 is 0 Å². The zero-order valence-corrected chi connectivity index (χ0v) is 13.5. The fraction of sp³-hybridized carbons (Fsp3) is 0.375. The third-order valence-electron chi connectivity index (χ3n) is 3.03. The molecular formula is C16H24N4O3. The van der Waals surface area contributed by atoms with Crippen molar-refractivity contribution >= 4 is 17.9 Å². The van der Waals surface area contributed by atoms with Gasteiger partial charge in [-0.1, -0.05) is 6.07 Å². The quantitative estimate of drug-likeness (QED) is 0.213. The lowest BCUT2D eigenvalue weighted by Gasteiger charge is -2.07. The molecule has 0 saturated carbocycles. The van der Waals surface area contributed by atoms with Crippen molar-refractivity contribution in [2.24, 2.45) is 0 Å². The molecule has 5 N–H and O–H groups in total. The first-order valence-corrected chi connectivity index (χ1v) is 7.40. The molecular weight excluding hydrogens is 296 g/mol. The van der Waals surface area contributed by atoms with E-state index in [1.54, 1.807) is 18.2 Å². The minimum Gasteiger partial charge on any atom is -0.504 e. The minimum absolute atomic E-state index is 0.0209. The van der Waals surface area contributed by atoms with E-state index in [4.69, 9.17) is 10.1 Å². The summed E-state index contributed by atoms with van der Waals surface area (Å²) in [6.45, 7) is 1.57. The number of ether oxygens (including phenoxy) is 1. The van der Waals surface area contributed by atoms with Gasteiger partial charge in [-0.25, -0.2) is 0 Å². The van der Waals surface area contributed by atoms with E-state index >= 15 is 0 Å². The van der Waals surface area contributed by atoms with Crippen LogP contribution in [0, 0.1) is 5.41 Å². The Morgan fingerprint density at radius 3 is 2.78 bits per heavy atom. The van der Waals surface area contributed by atoms with Crippen LogP contribution in [0.2, 0.25) is 0 Å². The van der Waals surface area contributed by atoms with Gasteiger partial charge in [0.15, 0.2) is 17.5 Å². The third-order valence-corrected chi connectivity index (χ3v) is 3.03. The second kappa shape index (κ2) is 10.2. The molecule has 1 aromatic rings. The number of amides is 1. The van der Waals surface area contributed by atoms with Crippen molar-refractivity contribution in [2.45, 2.75) is 12.8 Å². The Morgan fingerprint density at radius 2 is 2.09 bits per heavy atom. The number of carbonyl (C=O) groups excluding carboxylic acids is 1. The van der Waals surface area contributed by atoms with Crippen LogP contribution in [0.4, 0.5) is 0 Å². The molecule has 0 radical (unpaired) electrons. The summed E-state index contributed by atoms with van der Waals surface area (Å²) in [5.41, 5.74) is 0.710. The normalized spacial score (nSPS) is 10.5. The summed E-state index contributed by atoms with van der Waals surface area (Å²) in [6.07, 6.45) is 4.83. The van der Waals surface area contributed by atoms with Gasteiger partial charge in [-0.15, -0.1) is 0 Å². The molecule has 0 atom stereocenters. The number of methoxy groups -OCH3 is 1. The lowest BCUT2D eigenvalue weighted by Crippen LogP contribution is -2.39. The number of phenols is 1. The van der Waals surface area contributed by atoms with Crippen molar-refractivity contribution < 1.29 is 14.6 Å². The van der Waals surface area contributed by atoms with Crippen LogP contribution in [-0.4, -0.2) is 44.2 Å². The Balaban J connectivity index is 2.39. The standard InChI is InChI=1S/C16H24N4O3/c1-18-9-3-4-10-19-16(17)20-15(22)8-6-12-5-7-13(21)14(11-12)23-2/h5-8,11,18,21H,3-4,9-10H2,1-2H3,(H3,17,19,20,22)/b8-6+.